The zero-order valence-corrected chi connectivity index (χ0v) is 22.8. The number of fused-ring (bicyclic) bond motifs is 1. The van der Waals surface area contributed by atoms with Crippen LogP contribution in [0, 0.1) is 17.6 Å². The van der Waals surface area contributed by atoms with Crippen LogP contribution in [0.3, 0.4) is 0 Å². The van der Waals surface area contributed by atoms with Crippen LogP contribution in [0.5, 0.6) is 11.5 Å². The predicted octanol–water partition coefficient (Wildman–Crippen LogP) is 3.94. The molecule has 0 radical (unpaired) electrons. The maximum Gasteiger partial charge on any atom is 0.225 e. The average Bonchev–Trinajstić information content (AvgIpc) is 3.70. The van der Waals surface area contributed by atoms with Crippen LogP contribution in [-0.2, 0) is 4.79 Å². The normalized spacial score (nSPS) is 20.2. The number of rotatable bonds is 8. The molecule has 0 aliphatic carbocycles. The summed E-state index contributed by atoms with van der Waals surface area (Å²) in [7, 11) is 0. The number of pyridine rings is 1. The highest BCUT2D eigenvalue weighted by molar-refractivity contribution is 5.80. The summed E-state index contributed by atoms with van der Waals surface area (Å²) >= 11 is 0. The summed E-state index contributed by atoms with van der Waals surface area (Å²) in [6.45, 7) is 3.95. The molecule has 10 heteroatoms. The van der Waals surface area contributed by atoms with E-state index in [9.17, 15) is 18.7 Å². The molecule has 1 aromatic heterocycles. The van der Waals surface area contributed by atoms with Crippen molar-refractivity contribution in [2.45, 2.75) is 31.4 Å². The number of carbonyl (C=O) groups excluding carboxylic acids is 1. The van der Waals surface area contributed by atoms with Gasteiger partial charge in [0.25, 0.3) is 0 Å². The van der Waals surface area contributed by atoms with Crippen LogP contribution >= 0.6 is 0 Å². The molecule has 2 aromatic carbocycles. The Bertz CT molecular complexity index is 1380. The maximum absolute atomic E-state index is 14.8. The number of nitrogens with zero attached hydrogens (tertiary/aromatic N) is 3. The van der Waals surface area contributed by atoms with Gasteiger partial charge < -0.3 is 29.7 Å². The Morgan fingerprint density at radius 1 is 1.05 bits per heavy atom. The lowest BCUT2D eigenvalue weighted by Crippen LogP contribution is -2.48. The molecule has 3 aliphatic rings. The third-order valence-corrected chi connectivity index (χ3v) is 8.08. The smallest absolute Gasteiger partial charge is 0.225 e. The molecule has 0 unspecified atom stereocenters. The number of hydrogen-bond donors (Lipinski definition) is 2. The summed E-state index contributed by atoms with van der Waals surface area (Å²) in [6, 6.07) is 14.1. The van der Waals surface area contributed by atoms with Gasteiger partial charge in [0.05, 0.1) is 17.7 Å². The first-order valence-electron chi connectivity index (χ1n) is 14.2. The van der Waals surface area contributed by atoms with Gasteiger partial charge in [0.15, 0.2) is 17.3 Å². The number of amides is 1. The number of nitrogens with one attached hydrogen (secondary N) is 1. The number of hydrogen-bond acceptors (Lipinski definition) is 7. The van der Waals surface area contributed by atoms with Crippen molar-refractivity contribution in [2.75, 3.05) is 50.8 Å². The Hall–Kier alpha value is -3.76. The molecule has 1 amide bonds. The average molecular weight is 565 g/mol. The maximum atomic E-state index is 14.8. The van der Waals surface area contributed by atoms with Crippen molar-refractivity contribution in [3.63, 3.8) is 0 Å². The summed E-state index contributed by atoms with van der Waals surface area (Å²) < 4.78 is 39.1. The third kappa shape index (κ3) is 6.13. The minimum Gasteiger partial charge on any atom is -0.486 e. The molecule has 8 nitrogen and oxygen atoms in total. The van der Waals surface area contributed by atoms with Crippen LogP contribution in [0.15, 0.2) is 54.6 Å². The van der Waals surface area contributed by atoms with E-state index in [-0.39, 0.29) is 35.7 Å². The third-order valence-electron chi connectivity index (χ3n) is 8.08. The number of likely N-dealkylation sites (tertiary alicyclic amines) is 1. The van der Waals surface area contributed by atoms with Crippen LogP contribution < -0.4 is 19.7 Å². The number of aromatic nitrogens is 1. The molecule has 2 fully saturated rings. The molecule has 0 saturated carbocycles. The Kier molecular flexibility index (Phi) is 8.02. The largest absolute Gasteiger partial charge is 0.486 e. The van der Waals surface area contributed by atoms with Crippen LogP contribution in [0.2, 0.25) is 0 Å². The molecule has 41 heavy (non-hydrogen) atoms. The summed E-state index contributed by atoms with van der Waals surface area (Å²) in [5, 5.41) is 14.5. The molecule has 0 bridgehead atoms. The van der Waals surface area contributed by atoms with Crippen LogP contribution in [0.1, 0.15) is 30.9 Å². The molecule has 6 rings (SSSR count). The summed E-state index contributed by atoms with van der Waals surface area (Å²) in [4.78, 5) is 22.6. The second-order valence-electron chi connectivity index (χ2n) is 10.9. The van der Waals surface area contributed by atoms with Crippen LogP contribution in [0.25, 0.3) is 11.3 Å². The van der Waals surface area contributed by atoms with E-state index in [0.717, 1.165) is 43.0 Å². The monoisotopic (exact) mass is 564 g/mol. The molecule has 2 N–H and O–H groups in total. The second kappa shape index (κ2) is 12.0. The van der Waals surface area contributed by atoms with E-state index >= 15 is 0 Å². The van der Waals surface area contributed by atoms with Crippen molar-refractivity contribution < 1.29 is 28.2 Å². The first kappa shape index (κ1) is 27.4. The van der Waals surface area contributed by atoms with Gasteiger partial charge in [-0.1, -0.05) is 6.07 Å². The van der Waals surface area contributed by atoms with Gasteiger partial charge in [0.2, 0.25) is 5.91 Å². The van der Waals surface area contributed by atoms with Crippen molar-refractivity contribution in [1.82, 2.24) is 15.2 Å². The van der Waals surface area contributed by atoms with Gasteiger partial charge in [0, 0.05) is 25.2 Å². The second-order valence-corrected chi connectivity index (χ2v) is 10.9. The van der Waals surface area contributed by atoms with Crippen molar-refractivity contribution in [3.8, 4) is 22.8 Å². The SMILES string of the molecule is O=C(N[C@H](CN1CCCC1)[C@H](O)c1cc(F)c2c(c1)OCCO2)[C@@H]1CCN(c2cccc(-c3ccc(F)cc3)n2)C1. The van der Waals surface area contributed by atoms with Gasteiger partial charge in [-0.05, 0) is 86.4 Å². The first-order chi connectivity index (χ1) is 19.9. The lowest BCUT2D eigenvalue weighted by Gasteiger charge is -2.30. The Morgan fingerprint density at radius 3 is 2.63 bits per heavy atom. The standard InChI is InChI=1S/C31H34F2N4O4/c32-23-8-6-20(7-9-23)25-4-3-5-28(34-25)37-13-10-21(18-37)31(39)35-26(19-36-11-1-2-12-36)29(38)22-16-24(33)30-27(17-22)40-14-15-41-30/h3-9,16-17,21,26,29,38H,1-2,10-15,18-19H2,(H,35,39)/t21-,26-,29-/m1/s1. The van der Waals surface area contributed by atoms with Crippen molar-refractivity contribution in [3.05, 3.63) is 71.8 Å². The van der Waals surface area contributed by atoms with Gasteiger partial charge >= 0.3 is 0 Å². The van der Waals surface area contributed by atoms with E-state index in [1.54, 1.807) is 18.2 Å². The Balaban J connectivity index is 1.15. The number of benzene rings is 2. The highest BCUT2D eigenvalue weighted by Crippen LogP contribution is 2.36. The summed E-state index contributed by atoms with van der Waals surface area (Å²) in [6.07, 6.45) is 1.64. The molecular formula is C31H34F2N4O4. The lowest BCUT2D eigenvalue weighted by atomic mass is 9.99. The van der Waals surface area contributed by atoms with E-state index in [4.69, 9.17) is 14.5 Å². The molecular weight excluding hydrogens is 530 g/mol. The number of ether oxygens (including phenoxy) is 2. The van der Waals surface area contributed by atoms with Crippen molar-refractivity contribution in [1.29, 1.82) is 0 Å². The highest BCUT2D eigenvalue weighted by atomic mass is 19.1. The van der Waals surface area contributed by atoms with Crippen molar-refractivity contribution in [2.24, 2.45) is 5.92 Å². The lowest BCUT2D eigenvalue weighted by molar-refractivity contribution is -0.126. The molecule has 216 valence electrons. The van der Waals surface area contributed by atoms with Gasteiger partial charge in [-0.2, -0.15) is 0 Å². The number of aliphatic hydroxyl groups is 1. The topological polar surface area (TPSA) is 87.2 Å². The fourth-order valence-corrected chi connectivity index (χ4v) is 5.87. The van der Waals surface area contributed by atoms with E-state index in [2.05, 4.69) is 15.1 Å². The quantitative estimate of drug-likeness (QED) is 0.429. The molecule has 3 aromatic rings. The Morgan fingerprint density at radius 2 is 1.83 bits per heavy atom. The molecule has 4 heterocycles. The number of halogens is 2. The van der Waals surface area contributed by atoms with E-state index in [1.807, 2.05) is 18.2 Å². The van der Waals surface area contributed by atoms with Crippen molar-refractivity contribution >= 4 is 11.7 Å². The van der Waals surface area contributed by atoms with Gasteiger partial charge in [0.1, 0.15) is 31.0 Å². The van der Waals surface area contributed by atoms with Crippen LogP contribution in [-0.4, -0.2) is 72.9 Å². The fraction of sp³-hybridized carbons (Fsp3) is 0.419. The zero-order chi connectivity index (χ0) is 28.3. The van der Waals surface area contributed by atoms with Gasteiger partial charge in [-0.3, -0.25) is 4.79 Å². The zero-order valence-electron chi connectivity index (χ0n) is 22.8. The molecule has 3 aliphatic heterocycles. The highest BCUT2D eigenvalue weighted by Gasteiger charge is 2.34. The summed E-state index contributed by atoms with van der Waals surface area (Å²) in [5.41, 5.74) is 1.89. The molecule has 3 atom stereocenters. The van der Waals surface area contributed by atoms with Crippen LogP contribution in [0.4, 0.5) is 14.6 Å². The first-order valence-corrected chi connectivity index (χ1v) is 14.2. The van der Waals surface area contributed by atoms with Gasteiger partial charge in [-0.25, -0.2) is 13.8 Å². The number of aliphatic hydroxyl groups excluding tert-OH is 1. The minimum atomic E-state index is -1.13. The van der Waals surface area contributed by atoms with Gasteiger partial charge in [-0.15, -0.1) is 0 Å². The minimum absolute atomic E-state index is 0.0514. The predicted molar refractivity (Wildman–Crippen MR) is 150 cm³/mol. The molecule has 2 saturated heterocycles. The summed E-state index contributed by atoms with van der Waals surface area (Å²) in [5.74, 6) is -0.272. The van der Waals surface area contributed by atoms with E-state index < -0.39 is 18.0 Å². The Labute approximate surface area is 237 Å². The number of carbonyl (C=O) groups is 1. The van der Waals surface area contributed by atoms with E-state index in [1.165, 1.54) is 18.2 Å². The number of anilines is 1. The molecule has 0 spiro atoms. The fourth-order valence-electron chi connectivity index (χ4n) is 5.87. The van der Waals surface area contributed by atoms with E-state index in [0.29, 0.717) is 38.2 Å².